The molecule has 1 fully saturated rings. The summed E-state index contributed by atoms with van der Waals surface area (Å²) in [6, 6.07) is 12.0. The highest BCUT2D eigenvalue weighted by Crippen LogP contribution is 2.71. The predicted molar refractivity (Wildman–Crippen MR) is 95.3 cm³/mol. The van der Waals surface area contributed by atoms with Crippen molar-refractivity contribution < 1.29 is 19.1 Å². The molecule has 1 aliphatic carbocycles. The van der Waals surface area contributed by atoms with Crippen molar-refractivity contribution in [3.05, 3.63) is 58.7 Å². The zero-order valence-electron chi connectivity index (χ0n) is 15.3. The fourth-order valence-electron chi connectivity index (χ4n) is 5.48. The number of aryl methyl sites for hydroxylation is 2. The third-order valence-electron chi connectivity index (χ3n) is 6.98. The SMILES string of the molecule is Cc1ccc2c(c1)OC(=O)[C@@H]1[C@H]3C(=O)Oc4cc(C)ccc4[C@@]3(C)[C@]21C. The highest BCUT2D eigenvalue weighted by atomic mass is 16.5. The predicted octanol–water partition coefficient (Wildman–Crippen LogP) is 3.60. The first-order valence-corrected chi connectivity index (χ1v) is 8.94. The fourth-order valence-corrected chi connectivity index (χ4v) is 5.48. The molecule has 0 radical (unpaired) electrons. The Bertz CT molecular complexity index is 926. The summed E-state index contributed by atoms with van der Waals surface area (Å²) >= 11 is 0. The summed E-state index contributed by atoms with van der Waals surface area (Å²) in [6.45, 7) is 8.13. The van der Waals surface area contributed by atoms with Crippen LogP contribution < -0.4 is 9.47 Å². The summed E-state index contributed by atoms with van der Waals surface area (Å²) in [5, 5.41) is 0. The van der Waals surface area contributed by atoms with E-state index in [1.54, 1.807) is 0 Å². The van der Waals surface area contributed by atoms with Crippen LogP contribution in [-0.4, -0.2) is 11.9 Å². The van der Waals surface area contributed by atoms with Gasteiger partial charge >= 0.3 is 11.9 Å². The zero-order valence-corrected chi connectivity index (χ0v) is 15.3. The maximum absolute atomic E-state index is 12.8. The van der Waals surface area contributed by atoms with Crippen LogP contribution in [0.5, 0.6) is 11.5 Å². The number of fused-ring (bicyclic) bond motifs is 8. The standard InChI is InChI=1S/C22H20O4/c1-11-5-7-13-15(9-11)25-19(23)17-18-20(24)26-16-10-12(2)6-8-14(16)22(18,4)21(13,17)3/h5-10,17-18H,1-4H3/t17-,18-,21+,22+/m0/s1. The van der Waals surface area contributed by atoms with Crippen molar-refractivity contribution in [1.29, 1.82) is 0 Å². The zero-order chi connectivity index (χ0) is 18.4. The lowest BCUT2D eigenvalue weighted by atomic mass is 9.34. The van der Waals surface area contributed by atoms with Gasteiger partial charge in [-0.1, -0.05) is 38.1 Å². The van der Waals surface area contributed by atoms with Gasteiger partial charge in [-0.3, -0.25) is 9.59 Å². The minimum Gasteiger partial charge on any atom is -0.426 e. The highest BCUT2D eigenvalue weighted by Gasteiger charge is 2.77. The van der Waals surface area contributed by atoms with Crippen LogP contribution in [0.1, 0.15) is 36.1 Å². The third-order valence-corrected chi connectivity index (χ3v) is 6.98. The van der Waals surface area contributed by atoms with Crippen LogP contribution in [0.15, 0.2) is 36.4 Å². The van der Waals surface area contributed by atoms with Gasteiger partial charge in [-0.15, -0.1) is 0 Å². The largest absolute Gasteiger partial charge is 0.426 e. The molecule has 0 bridgehead atoms. The number of carbonyl (C=O) groups is 2. The molecule has 2 heterocycles. The van der Waals surface area contributed by atoms with E-state index in [0.717, 1.165) is 22.3 Å². The highest BCUT2D eigenvalue weighted by molar-refractivity contribution is 5.95. The molecular formula is C22H20O4. The van der Waals surface area contributed by atoms with E-state index >= 15 is 0 Å². The van der Waals surface area contributed by atoms with E-state index in [4.69, 9.17) is 9.47 Å². The van der Waals surface area contributed by atoms with Gasteiger partial charge in [-0.25, -0.2) is 0 Å². The van der Waals surface area contributed by atoms with E-state index in [1.807, 2.05) is 50.2 Å². The molecule has 0 aromatic heterocycles. The summed E-state index contributed by atoms with van der Waals surface area (Å²) in [5.41, 5.74) is 3.04. The maximum Gasteiger partial charge on any atom is 0.316 e. The van der Waals surface area contributed by atoms with Crippen molar-refractivity contribution in [1.82, 2.24) is 0 Å². The quantitative estimate of drug-likeness (QED) is 0.539. The van der Waals surface area contributed by atoms with Crippen molar-refractivity contribution in [2.24, 2.45) is 11.8 Å². The van der Waals surface area contributed by atoms with Crippen LogP contribution >= 0.6 is 0 Å². The molecule has 4 atom stereocenters. The first kappa shape index (κ1) is 15.6. The van der Waals surface area contributed by atoms with Crippen LogP contribution in [0.3, 0.4) is 0 Å². The maximum atomic E-state index is 12.8. The molecule has 0 spiro atoms. The lowest BCUT2D eigenvalue weighted by molar-refractivity contribution is -0.186. The van der Waals surface area contributed by atoms with E-state index < -0.39 is 22.7 Å². The van der Waals surface area contributed by atoms with E-state index in [9.17, 15) is 9.59 Å². The van der Waals surface area contributed by atoms with Gasteiger partial charge in [0.1, 0.15) is 11.5 Å². The molecule has 0 unspecified atom stereocenters. The van der Waals surface area contributed by atoms with Gasteiger partial charge in [0.25, 0.3) is 0 Å². The molecule has 132 valence electrons. The summed E-state index contributed by atoms with van der Waals surface area (Å²) < 4.78 is 11.2. The number of hydrogen-bond acceptors (Lipinski definition) is 4. The summed E-state index contributed by atoms with van der Waals surface area (Å²) in [6.07, 6.45) is 0. The summed E-state index contributed by atoms with van der Waals surface area (Å²) in [5.74, 6) is -0.488. The van der Waals surface area contributed by atoms with Gasteiger partial charge in [0, 0.05) is 22.0 Å². The number of benzene rings is 2. The third kappa shape index (κ3) is 1.52. The second-order valence-electron chi connectivity index (χ2n) is 8.20. The van der Waals surface area contributed by atoms with Crippen molar-refractivity contribution in [2.45, 2.75) is 38.5 Å². The van der Waals surface area contributed by atoms with Gasteiger partial charge in [-0.05, 0) is 37.1 Å². The van der Waals surface area contributed by atoms with Crippen molar-refractivity contribution in [3.63, 3.8) is 0 Å². The Morgan fingerprint density at radius 1 is 0.731 bits per heavy atom. The molecule has 4 nitrogen and oxygen atoms in total. The Morgan fingerprint density at radius 3 is 1.50 bits per heavy atom. The average molecular weight is 348 g/mol. The number of carbonyl (C=O) groups excluding carboxylic acids is 2. The molecule has 0 saturated heterocycles. The molecule has 26 heavy (non-hydrogen) atoms. The fraction of sp³-hybridized carbons (Fsp3) is 0.364. The van der Waals surface area contributed by atoms with E-state index in [1.165, 1.54) is 0 Å². The number of hydrogen-bond donors (Lipinski definition) is 0. The normalized spacial score (nSPS) is 33.7. The Morgan fingerprint density at radius 2 is 1.12 bits per heavy atom. The number of ether oxygens (including phenoxy) is 2. The van der Waals surface area contributed by atoms with Gasteiger partial charge in [0.05, 0.1) is 11.8 Å². The molecule has 2 aliphatic heterocycles. The Kier molecular flexibility index (Phi) is 2.74. The lowest BCUT2D eigenvalue weighted by Crippen LogP contribution is -2.75. The van der Waals surface area contributed by atoms with Crippen molar-refractivity contribution in [3.8, 4) is 11.5 Å². The molecule has 2 aromatic carbocycles. The van der Waals surface area contributed by atoms with Gasteiger partial charge in [0.15, 0.2) is 0 Å². The molecule has 4 heteroatoms. The molecular weight excluding hydrogens is 328 g/mol. The molecule has 3 aliphatic rings. The molecule has 0 amide bonds. The Hall–Kier alpha value is -2.62. The molecule has 5 rings (SSSR count). The lowest BCUT2D eigenvalue weighted by Gasteiger charge is -2.67. The van der Waals surface area contributed by atoms with Crippen LogP contribution in [0.25, 0.3) is 0 Å². The first-order valence-electron chi connectivity index (χ1n) is 8.94. The van der Waals surface area contributed by atoms with Crippen LogP contribution in [0.2, 0.25) is 0 Å². The van der Waals surface area contributed by atoms with Gasteiger partial charge < -0.3 is 9.47 Å². The monoisotopic (exact) mass is 348 g/mol. The molecule has 0 N–H and O–H groups in total. The second-order valence-corrected chi connectivity index (χ2v) is 8.20. The van der Waals surface area contributed by atoms with Gasteiger partial charge in [-0.2, -0.15) is 0 Å². The minimum absolute atomic E-state index is 0.333. The first-order chi connectivity index (χ1) is 12.3. The number of esters is 2. The smallest absolute Gasteiger partial charge is 0.316 e. The van der Waals surface area contributed by atoms with Crippen LogP contribution in [0.4, 0.5) is 0 Å². The van der Waals surface area contributed by atoms with E-state index in [2.05, 4.69) is 13.8 Å². The Labute approximate surface area is 152 Å². The second kappa shape index (κ2) is 4.56. The van der Waals surface area contributed by atoms with Gasteiger partial charge in [0.2, 0.25) is 0 Å². The van der Waals surface area contributed by atoms with Crippen LogP contribution in [-0.2, 0) is 20.4 Å². The van der Waals surface area contributed by atoms with Crippen molar-refractivity contribution >= 4 is 11.9 Å². The van der Waals surface area contributed by atoms with Crippen LogP contribution in [0, 0.1) is 25.7 Å². The number of rotatable bonds is 0. The minimum atomic E-state index is -0.523. The van der Waals surface area contributed by atoms with E-state index in [-0.39, 0.29) is 11.9 Å². The Balaban J connectivity index is 1.81. The molecule has 1 saturated carbocycles. The molecule has 2 aromatic rings. The summed E-state index contributed by atoms with van der Waals surface area (Å²) in [7, 11) is 0. The summed E-state index contributed by atoms with van der Waals surface area (Å²) in [4.78, 5) is 25.6. The van der Waals surface area contributed by atoms with E-state index in [0.29, 0.717) is 11.5 Å². The van der Waals surface area contributed by atoms with Crippen molar-refractivity contribution in [2.75, 3.05) is 0 Å². The average Bonchev–Trinajstić information content (AvgIpc) is 2.56. The topological polar surface area (TPSA) is 52.6 Å².